The van der Waals surface area contributed by atoms with Gasteiger partial charge in [-0.2, -0.15) is 0 Å². The number of aromatic nitrogens is 2. The predicted octanol–water partition coefficient (Wildman–Crippen LogP) is 3.44. The van der Waals surface area contributed by atoms with Gasteiger partial charge < -0.3 is 15.4 Å². The van der Waals surface area contributed by atoms with E-state index >= 15 is 0 Å². The molecule has 1 aromatic heterocycles. The minimum Gasteiger partial charge on any atom is -0.376 e. The normalized spacial score (nSPS) is 16.4. The Balaban J connectivity index is 1.28. The third-order valence-corrected chi connectivity index (χ3v) is 6.98. The van der Waals surface area contributed by atoms with E-state index in [2.05, 4.69) is 52.0 Å². The van der Waals surface area contributed by atoms with Gasteiger partial charge in [-0.05, 0) is 31.9 Å². The quantitative estimate of drug-likeness (QED) is 0.447. The maximum absolute atomic E-state index is 12.0. The monoisotopic (exact) mass is 424 g/mol. The zero-order chi connectivity index (χ0) is 18.9. The second-order valence-electron chi connectivity index (χ2n) is 6.19. The Labute approximate surface area is 172 Å². The van der Waals surface area contributed by atoms with Crippen LogP contribution >= 0.6 is 34.9 Å². The summed E-state index contributed by atoms with van der Waals surface area (Å²) < 4.78 is 6.37. The molecule has 0 radical (unpaired) electrons. The van der Waals surface area contributed by atoms with E-state index in [1.165, 1.54) is 33.6 Å². The molecule has 1 aromatic carbocycles. The van der Waals surface area contributed by atoms with Gasteiger partial charge in [0.1, 0.15) is 0 Å². The van der Waals surface area contributed by atoms with Crippen molar-refractivity contribution in [2.75, 3.05) is 36.5 Å². The predicted molar refractivity (Wildman–Crippen MR) is 113 cm³/mol. The summed E-state index contributed by atoms with van der Waals surface area (Å²) in [5, 5.41) is 15.2. The van der Waals surface area contributed by atoms with Crippen molar-refractivity contribution in [2.45, 2.75) is 35.1 Å². The Bertz CT molecular complexity index is 718. The lowest BCUT2D eigenvalue weighted by molar-refractivity contribution is -0.118. The number of carbonyl (C=O) groups excluding carboxylic acids is 1. The molecule has 1 amide bonds. The third-order valence-electron chi connectivity index (χ3n) is 3.95. The van der Waals surface area contributed by atoms with E-state index in [-0.39, 0.29) is 12.0 Å². The fourth-order valence-corrected chi connectivity index (χ4v) is 4.88. The molecule has 2 heterocycles. The number of hydrogen-bond donors (Lipinski definition) is 2. The lowest BCUT2D eigenvalue weighted by Gasteiger charge is -2.08. The van der Waals surface area contributed by atoms with Crippen LogP contribution in [0.4, 0.5) is 5.13 Å². The molecule has 0 aliphatic carbocycles. The number of hydrogen-bond acceptors (Lipinski definition) is 8. The average molecular weight is 425 g/mol. The van der Waals surface area contributed by atoms with Crippen molar-refractivity contribution >= 4 is 45.9 Å². The average Bonchev–Trinajstić information content (AvgIpc) is 3.35. The summed E-state index contributed by atoms with van der Waals surface area (Å²) in [7, 11) is 0. The van der Waals surface area contributed by atoms with Gasteiger partial charge >= 0.3 is 0 Å². The van der Waals surface area contributed by atoms with Crippen molar-refractivity contribution in [2.24, 2.45) is 0 Å². The lowest BCUT2D eigenvalue weighted by Crippen LogP contribution is -2.27. The zero-order valence-electron chi connectivity index (χ0n) is 15.3. The summed E-state index contributed by atoms with van der Waals surface area (Å²) >= 11 is 4.64. The molecular weight excluding hydrogens is 400 g/mol. The maximum atomic E-state index is 12.0. The molecule has 27 heavy (non-hydrogen) atoms. The van der Waals surface area contributed by atoms with E-state index in [4.69, 9.17) is 4.74 Å². The topological polar surface area (TPSA) is 76.1 Å². The lowest BCUT2D eigenvalue weighted by atomic mass is 10.2. The van der Waals surface area contributed by atoms with Crippen LogP contribution in [0.5, 0.6) is 0 Å². The van der Waals surface area contributed by atoms with Gasteiger partial charge in [0.25, 0.3) is 0 Å². The molecule has 1 aliphatic heterocycles. The van der Waals surface area contributed by atoms with Crippen LogP contribution in [0.2, 0.25) is 0 Å². The molecule has 6 nitrogen and oxygen atoms in total. The number of rotatable bonds is 10. The van der Waals surface area contributed by atoms with Gasteiger partial charge in [0.05, 0.1) is 11.9 Å². The maximum Gasteiger partial charge on any atom is 0.230 e. The molecule has 9 heteroatoms. The third kappa shape index (κ3) is 7.33. The van der Waals surface area contributed by atoms with Crippen LogP contribution in [0.15, 0.2) is 33.5 Å². The van der Waals surface area contributed by atoms with Gasteiger partial charge in [-0.3, -0.25) is 4.79 Å². The second kappa shape index (κ2) is 10.9. The molecule has 2 aromatic rings. The van der Waals surface area contributed by atoms with E-state index in [1.807, 2.05) is 0 Å². The van der Waals surface area contributed by atoms with Crippen molar-refractivity contribution in [3.05, 3.63) is 29.8 Å². The first-order valence-electron chi connectivity index (χ1n) is 8.97. The molecule has 1 unspecified atom stereocenters. The van der Waals surface area contributed by atoms with Gasteiger partial charge in [-0.15, -0.1) is 22.0 Å². The van der Waals surface area contributed by atoms with E-state index in [0.29, 0.717) is 12.3 Å². The molecule has 1 atom stereocenters. The Hall–Kier alpha value is -1.29. The number of nitrogens with zero attached hydrogens (tertiary/aromatic N) is 2. The summed E-state index contributed by atoms with van der Waals surface area (Å²) in [5.74, 6) is 1.24. The molecule has 1 fully saturated rings. The minimum absolute atomic E-state index is 0.0218. The van der Waals surface area contributed by atoms with Gasteiger partial charge in [-0.25, -0.2) is 0 Å². The molecule has 0 saturated carbocycles. The van der Waals surface area contributed by atoms with Crippen LogP contribution in [0.25, 0.3) is 0 Å². The standard InChI is InChI=1S/C18H24N4O2S3/c1-13-4-6-15(7-5-13)25-10-8-19-16(23)12-26-18-22-21-17(27-18)20-11-14-3-2-9-24-14/h4-7,14H,2-3,8-12H2,1H3,(H,19,23)(H,20,21). The van der Waals surface area contributed by atoms with Gasteiger partial charge in [0, 0.05) is 30.3 Å². The first-order valence-corrected chi connectivity index (χ1v) is 11.8. The summed E-state index contributed by atoms with van der Waals surface area (Å²) in [4.78, 5) is 13.2. The Morgan fingerprint density at radius 2 is 2.15 bits per heavy atom. The molecule has 3 rings (SSSR count). The van der Waals surface area contributed by atoms with Crippen LogP contribution in [-0.4, -0.2) is 53.4 Å². The van der Waals surface area contributed by atoms with Crippen molar-refractivity contribution in [1.82, 2.24) is 15.5 Å². The highest BCUT2D eigenvalue weighted by Crippen LogP contribution is 2.25. The summed E-state index contributed by atoms with van der Waals surface area (Å²) in [5.41, 5.74) is 1.26. The van der Waals surface area contributed by atoms with Crippen molar-refractivity contribution in [3.8, 4) is 0 Å². The van der Waals surface area contributed by atoms with Crippen LogP contribution in [-0.2, 0) is 9.53 Å². The number of benzene rings is 1. The number of ether oxygens (including phenoxy) is 1. The second-order valence-corrected chi connectivity index (χ2v) is 9.56. The van der Waals surface area contributed by atoms with Crippen molar-refractivity contribution in [3.63, 3.8) is 0 Å². The highest BCUT2D eigenvalue weighted by molar-refractivity contribution is 8.01. The van der Waals surface area contributed by atoms with E-state index in [1.54, 1.807) is 11.8 Å². The van der Waals surface area contributed by atoms with E-state index in [9.17, 15) is 4.79 Å². The fraction of sp³-hybridized carbons (Fsp3) is 0.500. The van der Waals surface area contributed by atoms with Gasteiger partial charge in [0.15, 0.2) is 4.34 Å². The Morgan fingerprint density at radius 1 is 1.30 bits per heavy atom. The number of carbonyl (C=O) groups is 1. The molecule has 146 valence electrons. The molecule has 2 N–H and O–H groups in total. The molecule has 0 spiro atoms. The molecule has 1 saturated heterocycles. The number of amides is 1. The summed E-state index contributed by atoms with van der Waals surface area (Å²) in [6, 6.07) is 8.42. The number of aryl methyl sites for hydroxylation is 1. The van der Waals surface area contributed by atoms with Crippen LogP contribution in [0.1, 0.15) is 18.4 Å². The molecular formula is C18H24N4O2S3. The van der Waals surface area contributed by atoms with Gasteiger partial charge in [0.2, 0.25) is 11.0 Å². The largest absolute Gasteiger partial charge is 0.376 e. The van der Waals surface area contributed by atoms with Crippen LogP contribution < -0.4 is 10.6 Å². The van der Waals surface area contributed by atoms with Crippen LogP contribution in [0.3, 0.4) is 0 Å². The smallest absolute Gasteiger partial charge is 0.230 e. The number of anilines is 1. The van der Waals surface area contributed by atoms with Crippen molar-refractivity contribution < 1.29 is 9.53 Å². The minimum atomic E-state index is 0.0218. The van der Waals surface area contributed by atoms with Gasteiger partial charge in [-0.1, -0.05) is 40.8 Å². The number of thioether (sulfide) groups is 2. The Kier molecular flexibility index (Phi) is 8.25. The highest BCUT2D eigenvalue weighted by Gasteiger charge is 2.16. The van der Waals surface area contributed by atoms with Crippen molar-refractivity contribution in [1.29, 1.82) is 0 Å². The highest BCUT2D eigenvalue weighted by atomic mass is 32.2. The summed E-state index contributed by atoms with van der Waals surface area (Å²) in [6.45, 7) is 4.34. The van der Waals surface area contributed by atoms with Crippen LogP contribution in [0, 0.1) is 6.92 Å². The molecule has 1 aliphatic rings. The first kappa shape index (κ1) is 20.4. The zero-order valence-corrected chi connectivity index (χ0v) is 17.7. The van der Waals surface area contributed by atoms with E-state index < -0.39 is 0 Å². The fourth-order valence-electron chi connectivity index (χ4n) is 2.52. The first-order chi connectivity index (χ1) is 13.2. The summed E-state index contributed by atoms with van der Waals surface area (Å²) in [6.07, 6.45) is 2.49. The number of nitrogens with one attached hydrogen (secondary N) is 2. The molecule has 0 bridgehead atoms. The SMILES string of the molecule is Cc1ccc(SCCNC(=O)CSc2nnc(NCC3CCCO3)s2)cc1. The van der Waals surface area contributed by atoms with E-state index in [0.717, 1.165) is 41.2 Å². The Morgan fingerprint density at radius 3 is 2.93 bits per heavy atom.